The minimum atomic E-state index is -0.492. The Hall–Kier alpha value is -1.90. The molecule has 7 heteroatoms. The molecule has 0 aliphatic rings. The van der Waals surface area contributed by atoms with Crippen molar-refractivity contribution in [2.45, 2.75) is 19.9 Å². The second kappa shape index (κ2) is 6.70. The van der Waals surface area contributed by atoms with E-state index in [0.29, 0.717) is 17.9 Å². The van der Waals surface area contributed by atoms with Gasteiger partial charge in [-0.3, -0.25) is 14.9 Å². The summed E-state index contributed by atoms with van der Waals surface area (Å²) in [5.41, 5.74) is 0.880. The summed E-state index contributed by atoms with van der Waals surface area (Å²) in [5, 5.41) is 13.6. The van der Waals surface area contributed by atoms with Crippen LogP contribution in [0.15, 0.2) is 36.5 Å². The zero-order valence-corrected chi connectivity index (χ0v) is 13.5. The lowest BCUT2D eigenvalue weighted by Crippen LogP contribution is -2.16. The third-order valence-corrected chi connectivity index (χ3v) is 3.61. The van der Waals surface area contributed by atoms with E-state index in [1.54, 1.807) is 16.7 Å². The van der Waals surface area contributed by atoms with Gasteiger partial charge in [0.2, 0.25) is 0 Å². The normalized spacial score (nSPS) is 10.4. The van der Waals surface area contributed by atoms with Crippen molar-refractivity contribution in [1.29, 1.82) is 0 Å². The van der Waals surface area contributed by atoms with Crippen molar-refractivity contribution in [3.8, 4) is 0 Å². The van der Waals surface area contributed by atoms with Crippen LogP contribution in [0.25, 0.3) is 0 Å². The van der Waals surface area contributed by atoms with Crippen molar-refractivity contribution in [2.24, 2.45) is 0 Å². The van der Waals surface area contributed by atoms with Gasteiger partial charge in [-0.15, -0.1) is 0 Å². The summed E-state index contributed by atoms with van der Waals surface area (Å²) in [6.45, 7) is 2.51. The number of hydrogen-bond donors (Lipinski definition) is 1. The maximum absolute atomic E-state index is 12.3. The van der Waals surface area contributed by atoms with E-state index in [1.807, 2.05) is 19.1 Å². The van der Waals surface area contributed by atoms with Crippen molar-refractivity contribution >= 4 is 39.9 Å². The number of benzene rings is 1. The van der Waals surface area contributed by atoms with Crippen molar-refractivity contribution in [2.75, 3.05) is 5.32 Å². The summed E-state index contributed by atoms with van der Waals surface area (Å²) in [7, 11) is 0. The molecule has 21 heavy (non-hydrogen) atoms. The fraction of sp³-hybridized carbons (Fsp3) is 0.214. The molecule has 0 aliphatic carbocycles. The molecule has 1 amide bonds. The van der Waals surface area contributed by atoms with Gasteiger partial charge in [0.1, 0.15) is 5.69 Å². The zero-order valence-electron chi connectivity index (χ0n) is 11.4. The molecule has 1 heterocycles. The van der Waals surface area contributed by atoms with E-state index >= 15 is 0 Å². The van der Waals surface area contributed by atoms with Gasteiger partial charge >= 0.3 is 0 Å². The first-order valence-corrected chi connectivity index (χ1v) is 7.50. The average molecular weight is 399 g/mol. The number of anilines is 1. The number of hydrogen-bond acceptors (Lipinski definition) is 3. The van der Waals surface area contributed by atoms with Gasteiger partial charge in [-0.2, -0.15) is 0 Å². The van der Waals surface area contributed by atoms with Crippen LogP contribution in [0.1, 0.15) is 23.8 Å². The molecule has 0 saturated carbocycles. The van der Waals surface area contributed by atoms with Gasteiger partial charge in [0.15, 0.2) is 0 Å². The number of carbonyl (C=O) groups is 1. The van der Waals surface area contributed by atoms with Crippen LogP contribution >= 0.6 is 22.6 Å². The highest BCUT2D eigenvalue weighted by Gasteiger charge is 2.19. The van der Waals surface area contributed by atoms with Crippen LogP contribution < -0.4 is 5.32 Å². The second-order valence-electron chi connectivity index (χ2n) is 4.50. The van der Waals surface area contributed by atoms with Crippen LogP contribution in [-0.2, 0) is 6.54 Å². The van der Waals surface area contributed by atoms with Gasteiger partial charge < -0.3 is 9.88 Å². The molecule has 0 bridgehead atoms. The molecule has 2 aromatic rings. The minimum absolute atomic E-state index is 0.0730. The lowest BCUT2D eigenvalue weighted by Gasteiger charge is -2.08. The smallest absolute Gasteiger partial charge is 0.287 e. The largest absolute Gasteiger partial charge is 0.337 e. The van der Waals surface area contributed by atoms with Crippen molar-refractivity contribution in [1.82, 2.24) is 4.57 Å². The number of rotatable bonds is 5. The molecule has 110 valence electrons. The topological polar surface area (TPSA) is 77.2 Å². The number of halogens is 1. The minimum Gasteiger partial charge on any atom is -0.337 e. The molecule has 6 nitrogen and oxygen atoms in total. The SMILES string of the molecule is CCCn1cc([N+](=O)[O-])cc1C(=O)Nc1ccc(I)cc1. The van der Waals surface area contributed by atoms with Gasteiger partial charge in [-0.25, -0.2) is 0 Å². The Bertz CT molecular complexity index is 665. The quantitative estimate of drug-likeness (QED) is 0.474. The van der Waals surface area contributed by atoms with Gasteiger partial charge in [-0.05, 0) is 53.3 Å². The van der Waals surface area contributed by atoms with Crippen LogP contribution in [0.4, 0.5) is 11.4 Å². The fourth-order valence-electron chi connectivity index (χ4n) is 1.94. The summed E-state index contributed by atoms with van der Waals surface area (Å²) in [4.78, 5) is 22.6. The van der Waals surface area contributed by atoms with E-state index in [0.717, 1.165) is 9.99 Å². The number of amides is 1. The predicted octanol–water partition coefficient (Wildman–Crippen LogP) is 3.66. The molecular formula is C14H14IN3O3. The lowest BCUT2D eigenvalue weighted by atomic mass is 10.3. The molecule has 0 unspecified atom stereocenters. The molecule has 0 radical (unpaired) electrons. The predicted molar refractivity (Wildman–Crippen MR) is 88.5 cm³/mol. The molecular weight excluding hydrogens is 385 g/mol. The van der Waals surface area contributed by atoms with Crippen molar-refractivity contribution in [3.63, 3.8) is 0 Å². The number of nitrogens with zero attached hydrogens (tertiary/aromatic N) is 2. The first kappa shape index (κ1) is 15.5. The Morgan fingerprint density at radius 2 is 2.05 bits per heavy atom. The summed E-state index contributed by atoms with van der Waals surface area (Å²) < 4.78 is 2.68. The molecule has 2 rings (SSSR count). The van der Waals surface area contributed by atoms with Gasteiger partial charge in [-0.1, -0.05) is 6.92 Å². The van der Waals surface area contributed by atoms with Gasteiger partial charge in [0.05, 0.1) is 11.1 Å². The molecule has 0 atom stereocenters. The first-order chi connectivity index (χ1) is 10.0. The van der Waals surface area contributed by atoms with Crippen LogP contribution in [0.3, 0.4) is 0 Å². The molecule has 0 spiro atoms. The zero-order chi connectivity index (χ0) is 15.4. The summed E-state index contributed by atoms with van der Waals surface area (Å²) in [6.07, 6.45) is 2.18. The van der Waals surface area contributed by atoms with Crippen LogP contribution in [0.2, 0.25) is 0 Å². The number of nitro groups is 1. The molecule has 0 aliphatic heterocycles. The number of aromatic nitrogens is 1. The first-order valence-electron chi connectivity index (χ1n) is 6.42. The average Bonchev–Trinajstić information content (AvgIpc) is 2.86. The van der Waals surface area contributed by atoms with Gasteiger partial charge in [0.25, 0.3) is 11.6 Å². The Morgan fingerprint density at radius 3 is 2.62 bits per heavy atom. The molecule has 0 fully saturated rings. The van der Waals surface area contributed by atoms with Crippen molar-refractivity contribution < 1.29 is 9.72 Å². The van der Waals surface area contributed by atoms with E-state index in [-0.39, 0.29) is 11.6 Å². The van der Waals surface area contributed by atoms with E-state index in [1.165, 1.54) is 12.3 Å². The summed E-state index contributed by atoms with van der Waals surface area (Å²) in [5.74, 6) is -0.349. The van der Waals surface area contributed by atoms with Crippen molar-refractivity contribution in [3.05, 3.63) is 55.9 Å². The summed E-state index contributed by atoms with van der Waals surface area (Å²) >= 11 is 2.18. The highest BCUT2D eigenvalue weighted by molar-refractivity contribution is 14.1. The molecule has 1 aromatic heterocycles. The summed E-state index contributed by atoms with van der Waals surface area (Å²) in [6, 6.07) is 8.65. The molecule has 1 N–H and O–H groups in total. The monoisotopic (exact) mass is 399 g/mol. The van der Waals surface area contributed by atoms with E-state index in [9.17, 15) is 14.9 Å². The highest BCUT2D eigenvalue weighted by Crippen LogP contribution is 2.19. The molecule has 0 saturated heterocycles. The third kappa shape index (κ3) is 3.81. The van der Waals surface area contributed by atoms with Gasteiger partial charge in [0, 0.05) is 21.9 Å². The Labute approximate surface area is 135 Å². The second-order valence-corrected chi connectivity index (χ2v) is 5.74. The fourth-order valence-corrected chi connectivity index (χ4v) is 2.30. The molecule has 1 aromatic carbocycles. The lowest BCUT2D eigenvalue weighted by molar-refractivity contribution is -0.384. The van der Waals surface area contributed by atoms with Crippen LogP contribution in [0.5, 0.6) is 0 Å². The maximum Gasteiger partial charge on any atom is 0.287 e. The Balaban J connectivity index is 2.25. The number of aryl methyl sites for hydroxylation is 1. The maximum atomic E-state index is 12.3. The Kier molecular flexibility index (Phi) is 4.94. The number of nitrogens with one attached hydrogen (secondary N) is 1. The van der Waals surface area contributed by atoms with E-state index in [2.05, 4.69) is 27.9 Å². The number of carbonyl (C=O) groups excluding carboxylic acids is 1. The van der Waals surface area contributed by atoms with Crippen LogP contribution in [-0.4, -0.2) is 15.4 Å². The third-order valence-electron chi connectivity index (χ3n) is 2.89. The van der Waals surface area contributed by atoms with E-state index < -0.39 is 4.92 Å². The standard InChI is InChI=1S/C14H14IN3O3/c1-2-7-17-9-12(18(20)21)8-13(17)14(19)16-11-5-3-10(15)4-6-11/h3-6,8-9H,2,7H2,1H3,(H,16,19). The van der Waals surface area contributed by atoms with E-state index in [4.69, 9.17) is 0 Å². The van der Waals surface area contributed by atoms with Crippen LogP contribution in [0, 0.1) is 13.7 Å². The Morgan fingerprint density at radius 1 is 1.38 bits per heavy atom. The highest BCUT2D eigenvalue weighted by atomic mass is 127.